The average molecular weight is 396 g/mol. The highest BCUT2D eigenvalue weighted by Crippen LogP contribution is 2.34. The number of thioether (sulfide) groups is 1. The Morgan fingerprint density at radius 2 is 1.86 bits per heavy atom. The molecule has 0 unspecified atom stereocenters. The van der Waals surface area contributed by atoms with E-state index in [2.05, 4.69) is 18.8 Å². The van der Waals surface area contributed by atoms with Crippen molar-refractivity contribution in [2.45, 2.75) is 31.8 Å². The predicted molar refractivity (Wildman–Crippen MR) is 111 cm³/mol. The molecule has 1 fully saturated rings. The van der Waals surface area contributed by atoms with Crippen LogP contribution in [-0.4, -0.2) is 40.5 Å². The molecule has 0 bridgehead atoms. The second kappa shape index (κ2) is 7.95. The van der Waals surface area contributed by atoms with E-state index in [1.54, 1.807) is 11.1 Å². The normalized spacial score (nSPS) is 22.1. The number of carbonyl (C=O) groups is 2. The van der Waals surface area contributed by atoms with E-state index in [4.69, 9.17) is 0 Å². The molecular weight excluding hydrogens is 370 g/mol. The lowest BCUT2D eigenvalue weighted by atomic mass is 9.91. The zero-order valence-corrected chi connectivity index (χ0v) is 17.1. The number of anilines is 1. The van der Waals surface area contributed by atoms with E-state index in [0.29, 0.717) is 29.7 Å². The van der Waals surface area contributed by atoms with Crippen LogP contribution in [-0.2, 0) is 11.3 Å². The Morgan fingerprint density at radius 3 is 2.57 bits per heavy atom. The van der Waals surface area contributed by atoms with Gasteiger partial charge in [-0.15, -0.1) is 0 Å². The Kier molecular flexibility index (Phi) is 5.40. The molecule has 5 nitrogen and oxygen atoms in total. The summed E-state index contributed by atoms with van der Waals surface area (Å²) in [4.78, 5) is 33.4. The summed E-state index contributed by atoms with van der Waals surface area (Å²) in [6, 6.07) is 11.5. The predicted octanol–water partition coefficient (Wildman–Crippen LogP) is 3.84. The van der Waals surface area contributed by atoms with Crippen molar-refractivity contribution in [3.63, 3.8) is 0 Å². The van der Waals surface area contributed by atoms with Crippen LogP contribution in [0.1, 0.15) is 36.2 Å². The van der Waals surface area contributed by atoms with Gasteiger partial charge in [0.15, 0.2) is 0 Å². The number of piperidine rings is 1. The first kappa shape index (κ1) is 19.0. The molecule has 28 heavy (non-hydrogen) atoms. The van der Waals surface area contributed by atoms with Crippen molar-refractivity contribution in [3.05, 3.63) is 53.7 Å². The second-order valence-electron chi connectivity index (χ2n) is 7.95. The van der Waals surface area contributed by atoms with Crippen LogP contribution in [0.3, 0.4) is 0 Å². The summed E-state index contributed by atoms with van der Waals surface area (Å²) in [6.07, 6.45) is 2.93. The standard InChI is InChI=1S/C22H25N3O2S/c1-15-10-16(2)12-24(11-15)22(27)18-7-5-17(6-8-18)13-25-19-4-3-9-23-21(19)28-14-20(25)26/h3-9,15-16H,10-14H2,1-2H3/t15-,16-/m1/s1. The van der Waals surface area contributed by atoms with Gasteiger partial charge in [0, 0.05) is 24.8 Å². The number of nitrogens with zero attached hydrogens (tertiary/aromatic N) is 3. The van der Waals surface area contributed by atoms with Crippen molar-refractivity contribution in [3.8, 4) is 0 Å². The molecule has 1 aromatic heterocycles. The van der Waals surface area contributed by atoms with Gasteiger partial charge in [0.1, 0.15) is 5.03 Å². The molecule has 1 aromatic carbocycles. The van der Waals surface area contributed by atoms with E-state index < -0.39 is 0 Å². The summed E-state index contributed by atoms with van der Waals surface area (Å²) in [5.74, 6) is 1.69. The van der Waals surface area contributed by atoms with Crippen LogP contribution in [0.5, 0.6) is 0 Å². The number of hydrogen-bond acceptors (Lipinski definition) is 4. The summed E-state index contributed by atoms with van der Waals surface area (Å²) in [5, 5.41) is 0.891. The van der Waals surface area contributed by atoms with E-state index in [9.17, 15) is 9.59 Å². The van der Waals surface area contributed by atoms with Gasteiger partial charge in [0.25, 0.3) is 5.91 Å². The van der Waals surface area contributed by atoms with Gasteiger partial charge >= 0.3 is 0 Å². The molecule has 2 atom stereocenters. The van der Waals surface area contributed by atoms with Crippen molar-refractivity contribution < 1.29 is 9.59 Å². The third-order valence-electron chi connectivity index (χ3n) is 5.37. The lowest BCUT2D eigenvalue weighted by molar-refractivity contribution is -0.116. The summed E-state index contributed by atoms with van der Waals surface area (Å²) in [7, 11) is 0. The molecule has 3 heterocycles. The van der Waals surface area contributed by atoms with Gasteiger partial charge in [-0.2, -0.15) is 0 Å². The van der Waals surface area contributed by atoms with Gasteiger partial charge < -0.3 is 9.80 Å². The molecule has 0 aliphatic carbocycles. The van der Waals surface area contributed by atoms with Crippen LogP contribution in [0.4, 0.5) is 5.69 Å². The lowest BCUT2D eigenvalue weighted by Crippen LogP contribution is -2.42. The molecular formula is C22H25N3O2S. The van der Waals surface area contributed by atoms with E-state index >= 15 is 0 Å². The third kappa shape index (κ3) is 3.92. The average Bonchev–Trinajstić information content (AvgIpc) is 2.69. The molecule has 2 aliphatic rings. The molecule has 4 rings (SSSR count). The number of carbonyl (C=O) groups excluding carboxylic acids is 2. The molecule has 146 valence electrons. The number of likely N-dealkylation sites (tertiary alicyclic amines) is 1. The van der Waals surface area contributed by atoms with Crippen molar-refractivity contribution in [1.82, 2.24) is 9.88 Å². The largest absolute Gasteiger partial charge is 0.338 e. The van der Waals surface area contributed by atoms with Crippen molar-refractivity contribution in [2.24, 2.45) is 11.8 Å². The molecule has 0 spiro atoms. The Labute approximate surface area is 170 Å². The monoisotopic (exact) mass is 395 g/mol. The summed E-state index contributed by atoms with van der Waals surface area (Å²) < 4.78 is 0. The number of amides is 2. The van der Waals surface area contributed by atoms with Crippen molar-refractivity contribution in [2.75, 3.05) is 23.7 Å². The minimum atomic E-state index is 0.0851. The van der Waals surface area contributed by atoms with Crippen molar-refractivity contribution in [1.29, 1.82) is 0 Å². The number of aromatic nitrogens is 1. The summed E-state index contributed by atoms with van der Waals surface area (Å²) in [6.45, 7) is 6.56. The Balaban J connectivity index is 1.48. The van der Waals surface area contributed by atoms with Gasteiger partial charge in [-0.25, -0.2) is 4.98 Å². The Morgan fingerprint density at radius 1 is 1.14 bits per heavy atom. The topological polar surface area (TPSA) is 53.5 Å². The number of benzene rings is 1. The van der Waals surface area contributed by atoms with Crippen LogP contribution >= 0.6 is 11.8 Å². The van der Waals surface area contributed by atoms with Crippen LogP contribution in [0.2, 0.25) is 0 Å². The van der Waals surface area contributed by atoms with E-state index in [0.717, 1.165) is 29.4 Å². The van der Waals surface area contributed by atoms with Crippen LogP contribution < -0.4 is 4.90 Å². The van der Waals surface area contributed by atoms with Gasteiger partial charge in [0.2, 0.25) is 5.91 Å². The molecule has 0 N–H and O–H groups in total. The van der Waals surface area contributed by atoms with Crippen LogP contribution in [0.15, 0.2) is 47.6 Å². The number of hydrogen-bond donors (Lipinski definition) is 0. The van der Waals surface area contributed by atoms with Gasteiger partial charge in [-0.3, -0.25) is 9.59 Å². The van der Waals surface area contributed by atoms with Crippen molar-refractivity contribution >= 4 is 29.3 Å². The third-order valence-corrected chi connectivity index (χ3v) is 6.35. The maximum Gasteiger partial charge on any atom is 0.253 e. The van der Waals surface area contributed by atoms with Gasteiger partial charge in [0.05, 0.1) is 18.0 Å². The highest BCUT2D eigenvalue weighted by atomic mass is 32.2. The lowest BCUT2D eigenvalue weighted by Gasteiger charge is -2.35. The summed E-state index contributed by atoms with van der Waals surface area (Å²) in [5.41, 5.74) is 2.58. The Hall–Kier alpha value is -2.34. The smallest absolute Gasteiger partial charge is 0.253 e. The molecule has 2 aromatic rings. The molecule has 2 amide bonds. The highest BCUT2D eigenvalue weighted by molar-refractivity contribution is 8.00. The van der Waals surface area contributed by atoms with E-state index in [1.165, 1.54) is 18.2 Å². The maximum absolute atomic E-state index is 12.9. The first-order valence-corrected chi connectivity index (χ1v) is 10.8. The first-order valence-electron chi connectivity index (χ1n) is 9.77. The molecule has 2 aliphatic heterocycles. The fourth-order valence-corrected chi connectivity index (χ4v) is 5.04. The molecule has 0 radical (unpaired) electrons. The van der Waals surface area contributed by atoms with Crippen LogP contribution in [0.25, 0.3) is 0 Å². The zero-order valence-electron chi connectivity index (χ0n) is 16.3. The first-order chi connectivity index (χ1) is 13.5. The number of fused-ring (bicyclic) bond motifs is 1. The van der Waals surface area contributed by atoms with E-state index in [-0.39, 0.29) is 11.8 Å². The fourth-order valence-electron chi connectivity index (χ4n) is 4.16. The second-order valence-corrected chi connectivity index (χ2v) is 8.91. The minimum absolute atomic E-state index is 0.0851. The maximum atomic E-state index is 12.9. The number of rotatable bonds is 3. The molecule has 6 heteroatoms. The van der Waals surface area contributed by atoms with Gasteiger partial charge in [-0.1, -0.05) is 37.7 Å². The van der Waals surface area contributed by atoms with Gasteiger partial charge in [-0.05, 0) is 48.1 Å². The SMILES string of the molecule is C[C@@H]1C[C@@H](C)CN(C(=O)c2ccc(CN3C(=O)CSc4ncccc43)cc2)C1. The Bertz CT molecular complexity index is 874. The minimum Gasteiger partial charge on any atom is -0.338 e. The molecule has 0 saturated carbocycles. The summed E-state index contributed by atoms with van der Waals surface area (Å²) >= 11 is 1.48. The molecule has 1 saturated heterocycles. The van der Waals surface area contributed by atoms with Crippen LogP contribution in [0, 0.1) is 11.8 Å². The quantitative estimate of drug-likeness (QED) is 0.792. The highest BCUT2D eigenvalue weighted by Gasteiger charge is 2.27. The fraction of sp³-hybridized carbons (Fsp3) is 0.409. The zero-order chi connectivity index (χ0) is 19.7. The number of pyridine rings is 1. The van der Waals surface area contributed by atoms with E-state index in [1.807, 2.05) is 41.3 Å².